The molecule has 2 fully saturated rings. The molecule has 2 amide bonds. The summed E-state index contributed by atoms with van der Waals surface area (Å²) >= 11 is 0. The third-order valence-electron chi connectivity index (χ3n) is 4.94. The lowest BCUT2D eigenvalue weighted by Crippen LogP contribution is -2.60. The minimum atomic E-state index is -0.648. The summed E-state index contributed by atoms with van der Waals surface area (Å²) in [6.07, 6.45) is 3.32. The first kappa shape index (κ1) is 14.9. The van der Waals surface area contributed by atoms with Gasteiger partial charge < -0.3 is 15.0 Å². The number of piperidine rings is 1. The van der Waals surface area contributed by atoms with E-state index in [-0.39, 0.29) is 11.8 Å². The molecule has 0 aliphatic carbocycles. The number of amides is 2. The molecule has 22 heavy (non-hydrogen) atoms. The number of ether oxygens (including phenoxy) is 1. The molecule has 118 valence electrons. The molecule has 2 aliphatic rings. The number of hydrogen-bond acceptors (Lipinski definition) is 3. The van der Waals surface area contributed by atoms with Crippen molar-refractivity contribution in [1.82, 2.24) is 10.2 Å². The lowest BCUT2D eigenvalue weighted by molar-refractivity contribution is -0.133. The predicted octanol–water partition coefficient (Wildman–Crippen LogP) is 1.89. The van der Waals surface area contributed by atoms with Gasteiger partial charge in [0.05, 0.1) is 7.11 Å². The average molecular weight is 302 g/mol. The quantitative estimate of drug-likeness (QED) is 0.907. The zero-order valence-electron chi connectivity index (χ0n) is 13.1. The van der Waals surface area contributed by atoms with Crippen LogP contribution in [0.2, 0.25) is 0 Å². The third-order valence-corrected chi connectivity index (χ3v) is 4.94. The number of nitrogens with one attached hydrogen (secondary N) is 1. The van der Waals surface area contributed by atoms with Crippen molar-refractivity contribution in [2.24, 2.45) is 0 Å². The second-order valence-corrected chi connectivity index (χ2v) is 6.08. The van der Waals surface area contributed by atoms with Gasteiger partial charge in [-0.1, -0.05) is 6.07 Å². The lowest BCUT2D eigenvalue weighted by atomic mass is 9.86. The van der Waals surface area contributed by atoms with Crippen molar-refractivity contribution in [3.63, 3.8) is 0 Å². The van der Waals surface area contributed by atoms with E-state index in [4.69, 9.17) is 4.74 Å². The van der Waals surface area contributed by atoms with Gasteiger partial charge in [-0.25, -0.2) is 0 Å². The van der Waals surface area contributed by atoms with Gasteiger partial charge in [0, 0.05) is 24.2 Å². The molecule has 1 atom stereocenters. The van der Waals surface area contributed by atoms with Gasteiger partial charge in [0.2, 0.25) is 5.91 Å². The van der Waals surface area contributed by atoms with Gasteiger partial charge in [-0.05, 0) is 44.7 Å². The molecule has 3 rings (SSSR count). The first-order valence-electron chi connectivity index (χ1n) is 7.84. The Morgan fingerprint density at radius 1 is 1.32 bits per heavy atom. The van der Waals surface area contributed by atoms with Crippen LogP contribution in [0.5, 0.6) is 5.75 Å². The minimum Gasteiger partial charge on any atom is -0.496 e. The smallest absolute Gasteiger partial charge is 0.255 e. The van der Waals surface area contributed by atoms with E-state index in [0.717, 1.165) is 31.2 Å². The number of hydrogen-bond donors (Lipinski definition) is 1. The topological polar surface area (TPSA) is 58.6 Å². The van der Waals surface area contributed by atoms with E-state index in [1.807, 2.05) is 25.1 Å². The highest BCUT2D eigenvalue weighted by molar-refractivity contribution is 6.01. The molecule has 2 saturated heterocycles. The fourth-order valence-corrected chi connectivity index (χ4v) is 3.74. The zero-order chi connectivity index (χ0) is 15.7. The number of rotatable bonds is 2. The van der Waals surface area contributed by atoms with Gasteiger partial charge in [-0.3, -0.25) is 9.59 Å². The number of carbonyl (C=O) groups is 2. The van der Waals surface area contributed by atoms with Gasteiger partial charge >= 0.3 is 0 Å². The van der Waals surface area contributed by atoms with E-state index in [9.17, 15) is 9.59 Å². The second-order valence-electron chi connectivity index (χ2n) is 6.08. The SMILES string of the molecule is COc1cccc(C(=O)N2CCCC23CCCNC3=O)c1C. The lowest BCUT2D eigenvalue weighted by Gasteiger charge is -2.40. The number of likely N-dealkylation sites (tertiary alicyclic amines) is 1. The van der Waals surface area contributed by atoms with Crippen molar-refractivity contribution in [1.29, 1.82) is 0 Å². The van der Waals surface area contributed by atoms with Crippen molar-refractivity contribution < 1.29 is 14.3 Å². The molecule has 1 unspecified atom stereocenters. The molecular formula is C17H22N2O3. The molecule has 2 heterocycles. The molecule has 0 aromatic heterocycles. The van der Waals surface area contributed by atoms with Gasteiger partial charge in [0.1, 0.15) is 11.3 Å². The molecule has 5 nitrogen and oxygen atoms in total. The van der Waals surface area contributed by atoms with Crippen LogP contribution in [0, 0.1) is 6.92 Å². The van der Waals surface area contributed by atoms with Crippen LogP contribution in [0.15, 0.2) is 18.2 Å². The van der Waals surface area contributed by atoms with Crippen LogP contribution in [0.4, 0.5) is 0 Å². The summed E-state index contributed by atoms with van der Waals surface area (Å²) in [6.45, 7) is 3.24. The van der Waals surface area contributed by atoms with Gasteiger partial charge in [0.15, 0.2) is 0 Å². The van der Waals surface area contributed by atoms with Gasteiger partial charge in [-0.2, -0.15) is 0 Å². The van der Waals surface area contributed by atoms with E-state index in [2.05, 4.69) is 5.32 Å². The standard InChI is InChI=1S/C17H22N2O3/c1-12-13(6-3-7-14(12)22-2)15(20)19-11-5-9-17(19)8-4-10-18-16(17)21/h3,6-7H,4-5,8-11H2,1-2H3,(H,18,21). The summed E-state index contributed by atoms with van der Waals surface area (Å²) in [4.78, 5) is 27.3. The first-order valence-corrected chi connectivity index (χ1v) is 7.84. The third kappa shape index (κ3) is 2.16. The van der Waals surface area contributed by atoms with E-state index in [0.29, 0.717) is 24.4 Å². The fraction of sp³-hybridized carbons (Fsp3) is 0.529. The first-order chi connectivity index (χ1) is 10.6. The molecule has 1 aromatic carbocycles. The predicted molar refractivity (Wildman–Crippen MR) is 83.0 cm³/mol. The molecule has 1 N–H and O–H groups in total. The van der Waals surface area contributed by atoms with Crippen LogP contribution >= 0.6 is 0 Å². The number of nitrogens with zero attached hydrogens (tertiary/aromatic N) is 1. The van der Waals surface area contributed by atoms with Crippen LogP contribution in [0.25, 0.3) is 0 Å². The van der Waals surface area contributed by atoms with Gasteiger partial charge in [0.25, 0.3) is 5.91 Å². The largest absolute Gasteiger partial charge is 0.496 e. The Morgan fingerprint density at radius 3 is 2.82 bits per heavy atom. The van der Waals surface area contributed by atoms with Crippen LogP contribution in [-0.4, -0.2) is 42.5 Å². The molecule has 0 saturated carbocycles. The molecule has 0 bridgehead atoms. The maximum Gasteiger partial charge on any atom is 0.255 e. The highest BCUT2D eigenvalue weighted by Crippen LogP contribution is 2.37. The number of methoxy groups -OCH3 is 1. The average Bonchev–Trinajstić information content (AvgIpc) is 2.94. The van der Waals surface area contributed by atoms with Crippen LogP contribution in [0.3, 0.4) is 0 Å². The van der Waals surface area contributed by atoms with Crippen molar-refractivity contribution >= 4 is 11.8 Å². The highest BCUT2D eigenvalue weighted by atomic mass is 16.5. The summed E-state index contributed by atoms with van der Waals surface area (Å²) in [6, 6.07) is 5.48. The molecule has 1 aromatic rings. The Hall–Kier alpha value is -2.04. The Kier molecular flexibility index (Phi) is 3.81. The maximum absolute atomic E-state index is 13.0. The Morgan fingerprint density at radius 2 is 2.09 bits per heavy atom. The number of carbonyl (C=O) groups excluding carboxylic acids is 2. The van der Waals surface area contributed by atoms with E-state index in [1.165, 1.54) is 0 Å². The number of benzene rings is 1. The van der Waals surface area contributed by atoms with Crippen molar-refractivity contribution in [3.05, 3.63) is 29.3 Å². The Labute approximate surface area is 130 Å². The van der Waals surface area contributed by atoms with Crippen molar-refractivity contribution in [3.8, 4) is 5.75 Å². The van der Waals surface area contributed by atoms with Crippen molar-refractivity contribution in [2.45, 2.75) is 38.1 Å². The summed E-state index contributed by atoms with van der Waals surface area (Å²) in [5.74, 6) is 0.642. The monoisotopic (exact) mass is 302 g/mol. The highest BCUT2D eigenvalue weighted by Gasteiger charge is 2.50. The van der Waals surface area contributed by atoms with Gasteiger partial charge in [-0.15, -0.1) is 0 Å². The van der Waals surface area contributed by atoms with Crippen LogP contribution < -0.4 is 10.1 Å². The Balaban J connectivity index is 1.96. The van der Waals surface area contributed by atoms with E-state index in [1.54, 1.807) is 12.0 Å². The summed E-state index contributed by atoms with van der Waals surface area (Å²) < 4.78 is 5.31. The van der Waals surface area contributed by atoms with Crippen LogP contribution in [0.1, 0.15) is 41.6 Å². The summed E-state index contributed by atoms with van der Waals surface area (Å²) in [7, 11) is 1.60. The van der Waals surface area contributed by atoms with E-state index >= 15 is 0 Å². The second kappa shape index (κ2) is 5.63. The molecule has 2 aliphatic heterocycles. The van der Waals surface area contributed by atoms with Crippen molar-refractivity contribution in [2.75, 3.05) is 20.2 Å². The van der Waals surface area contributed by atoms with E-state index < -0.39 is 5.54 Å². The molecule has 5 heteroatoms. The van der Waals surface area contributed by atoms with Crippen LogP contribution in [-0.2, 0) is 4.79 Å². The summed E-state index contributed by atoms with van der Waals surface area (Å²) in [5, 5.41) is 2.93. The molecular weight excluding hydrogens is 280 g/mol. The maximum atomic E-state index is 13.0. The Bertz CT molecular complexity index is 614. The zero-order valence-corrected chi connectivity index (χ0v) is 13.1. The summed E-state index contributed by atoms with van der Waals surface area (Å²) in [5.41, 5.74) is 0.803. The molecule has 0 radical (unpaired) electrons. The normalized spacial score (nSPS) is 24.5. The minimum absolute atomic E-state index is 0.00477. The fourth-order valence-electron chi connectivity index (χ4n) is 3.74. The molecule has 1 spiro atoms.